The summed E-state index contributed by atoms with van der Waals surface area (Å²) < 4.78 is 27.7. The van der Waals surface area contributed by atoms with Crippen molar-refractivity contribution in [2.24, 2.45) is 5.92 Å². The first-order valence-corrected chi connectivity index (χ1v) is 9.53. The van der Waals surface area contributed by atoms with Crippen LogP contribution in [0.1, 0.15) is 39.5 Å². The number of hydrogen-bond acceptors (Lipinski definition) is 2. The van der Waals surface area contributed by atoms with E-state index in [1.54, 1.807) is 12.1 Å². The molecule has 2 rings (SSSR count). The summed E-state index contributed by atoms with van der Waals surface area (Å²) in [7, 11) is -3.43. The Labute approximate surface area is 133 Å². The fraction of sp³-hybridized carbons (Fsp3) is 0.444. The largest absolute Gasteiger partial charge is 0.240 e. The van der Waals surface area contributed by atoms with E-state index in [1.807, 2.05) is 30.3 Å². The summed E-state index contributed by atoms with van der Waals surface area (Å²) in [5.74, 6) is 0.412. The van der Waals surface area contributed by atoms with Gasteiger partial charge in [0.15, 0.2) is 0 Å². The first-order valence-electron chi connectivity index (χ1n) is 8.05. The second-order valence-electron chi connectivity index (χ2n) is 5.78. The summed E-state index contributed by atoms with van der Waals surface area (Å²) in [6.07, 6.45) is 4.37. The van der Waals surface area contributed by atoms with Gasteiger partial charge >= 0.3 is 0 Å². The molecule has 4 heteroatoms. The van der Waals surface area contributed by atoms with Gasteiger partial charge in [-0.15, -0.1) is 0 Å². The second kappa shape index (κ2) is 7.75. The topological polar surface area (TPSA) is 46.2 Å². The number of benzene rings is 2. The molecule has 0 heterocycles. The van der Waals surface area contributed by atoms with Gasteiger partial charge in [0.25, 0.3) is 0 Å². The van der Waals surface area contributed by atoms with E-state index in [9.17, 15) is 8.42 Å². The third kappa shape index (κ3) is 4.31. The molecule has 0 saturated carbocycles. The zero-order chi connectivity index (χ0) is 16.0. The van der Waals surface area contributed by atoms with Crippen LogP contribution >= 0.6 is 0 Å². The Morgan fingerprint density at radius 1 is 1.05 bits per heavy atom. The molecule has 2 aromatic carbocycles. The molecule has 22 heavy (non-hydrogen) atoms. The lowest BCUT2D eigenvalue weighted by atomic mass is 10.00. The van der Waals surface area contributed by atoms with Crippen LogP contribution in [0.15, 0.2) is 47.4 Å². The fourth-order valence-corrected chi connectivity index (χ4v) is 3.74. The van der Waals surface area contributed by atoms with Crippen LogP contribution in [0.25, 0.3) is 10.8 Å². The highest BCUT2D eigenvalue weighted by atomic mass is 32.2. The first-order chi connectivity index (χ1) is 10.6. The molecule has 0 aromatic heterocycles. The van der Waals surface area contributed by atoms with E-state index in [1.165, 1.54) is 0 Å². The Hall–Kier alpha value is -1.39. The monoisotopic (exact) mass is 319 g/mol. The average molecular weight is 319 g/mol. The summed E-state index contributed by atoms with van der Waals surface area (Å²) in [6.45, 7) is 4.79. The third-order valence-corrected chi connectivity index (χ3v) is 5.56. The quantitative estimate of drug-likeness (QED) is 0.787. The Morgan fingerprint density at radius 3 is 2.45 bits per heavy atom. The van der Waals surface area contributed by atoms with Gasteiger partial charge in [0, 0.05) is 6.54 Å². The van der Waals surface area contributed by atoms with E-state index >= 15 is 0 Å². The van der Waals surface area contributed by atoms with Crippen molar-refractivity contribution in [3.8, 4) is 0 Å². The van der Waals surface area contributed by atoms with Crippen molar-refractivity contribution in [2.45, 2.75) is 44.4 Å². The van der Waals surface area contributed by atoms with Gasteiger partial charge < -0.3 is 0 Å². The van der Waals surface area contributed by atoms with Gasteiger partial charge in [-0.1, -0.05) is 63.4 Å². The average Bonchev–Trinajstić information content (AvgIpc) is 2.54. The molecule has 3 nitrogen and oxygen atoms in total. The molecular weight excluding hydrogens is 294 g/mol. The zero-order valence-electron chi connectivity index (χ0n) is 13.4. The van der Waals surface area contributed by atoms with E-state index in [-0.39, 0.29) is 0 Å². The smallest absolute Gasteiger partial charge is 0.211 e. The van der Waals surface area contributed by atoms with Gasteiger partial charge in [-0.05, 0) is 35.2 Å². The highest BCUT2D eigenvalue weighted by molar-refractivity contribution is 7.89. The summed E-state index contributed by atoms with van der Waals surface area (Å²) in [6, 6.07) is 13.1. The Kier molecular flexibility index (Phi) is 5.98. The Morgan fingerprint density at radius 2 is 1.77 bits per heavy atom. The summed E-state index contributed by atoms with van der Waals surface area (Å²) >= 11 is 0. The van der Waals surface area contributed by atoms with Crippen LogP contribution in [-0.4, -0.2) is 15.0 Å². The molecule has 0 bridgehead atoms. The highest BCUT2D eigenvalue weighted by Crippen LogP contribution is 2.19. The van der Waals surface area contributed by atoms with Crippen molar-refractivity contribution in [2.75, 3.05) is 6.54 Å². The molecule has 0 amide bonds. The minimum Gasteiger partial charge on any atom is -0.211 e. The number of sulfonamides is 1. The van der Waals surface area contributed by atoms with Gasteiger partial charge in [0.1, 0.15) is 0 Å². The number of rotatable bonds is 8. The van der Waals surface area contributed by atoms with Crippen molar-refractivity contribution < 1.29 is 8.42 Å². The minimum absolute atomic E-state index is 0.344. The molecule has 0 unspecified atom stereocenters. The van der Waals surface area contributed by atoms with E-state index in [0.29, 0.717) is 17.4 Å². The SMILES string of the molecule is CCCC[C@@H](CC)CNS(=O)(=O)c1ccc2ccccc2c1. The normalized spacial score (nSPS) is 13.4. The van der Waals surface area contributed by atoms with Crippen molar-refractivity contribution in [3.05, 3.63) is 42.5 Å². The van der Waals surface area contributed by atoms with E-state index in [4.69, 9.17) is 0 Å². The Balaban J connectivity index is 2.11. The lowest BCUT2D eigenvalue weighted by Crippen LogP contribution is -2.29. The molecule has 2 aromatic rings. The van der Waals surface area contributed by atoms with Crippen molar-refractivity contribution in [3.63, 3.8) is 0 Å². The molecule has 0 saturated heterocycles. The number of nitrogens with one attached hydrogen (secondary N) is 1. The zero-order valence-corrected chi connectivity index (χ0v) is 14.2. The number of unbranched alkanes of at least 4 members (excludes halogenated alkanes) is 1. The standard InChI is InChI=1S/C18H25NO2S/c1-3-5-8-15(4-2)14-19-22(20,21)18-12-11-16-9-6-7-10-17(16)13-18/h6-7,9-13,15,19H,3-5,8,14H2,1-2H3/t15-/m1/s1. The van der Waals surface area contributed by atoms with Crippen LogP contribution < -0.4 is 4.72 Å². The molecule has 0 spiro atoms. The number of hydrogen-bond donors (Lipinski definition) is 1. The molecule has 1 atom stereocenters. The second-order valence-corrected chi connectivity index (χ2v) is 7.54. The van der Waals surface area contributed by atoms with Gasteiger partial charge in [-0.2, -0.15) is 0 Å². The molecule has 0 aliphatic rings. The maximum Gasteiger partial charge on any atom is 0.240 e. The predicted octanol–water partition coefficient (Wildman–Crippen LogP) is 4.33. The fourth-order valence-electron chi connectivity index (χ4n) is 2.59. The molecule has 120 valence electrons. The third-order valence-electron chi connectivity index (χ3n) is 4.14. The van der Waals surface area contributed by atoms with Gasteiger partial charge in [0.2, 0.25) is 10.0 Å². The summed E-state index contributed by atoms with van der Waals surface area (Å²) in [5, 5.41) is 2.00. The van der Waals surface area contributed by atoms with Gasteiger partial charge in [0.05, 0.1) is 4.90 Å². The van der Waals surface area contributed by atoms with Crippen LogP contribution in [0, 0.1) is 5.92 Å². The lowest BCUT2D eigenvalue weighted by molar-refractivity contribution is 0.444. The van der Waals surface area contributed by atoms with Crippen LogP contribution in [-0.2, 0) is 10.0 Å². The maximum absolute atomic E-state index is 12.5. The number of fused-ring (bicyclic) bond motifs is 1. The van der Waals surface area contributed by atoms with E-state index in [2.05, 4.69) is 18.6 Å². The van der Waals surface area contributed by atoms with Crippen molar-refractivity contribution >= 4 is 20.8 Å². The predicted molar refractivity (Wildman–Crippen MR) is 92.4 cm³/mol. The van der Waals surface area contributed by atoms with Crippen LogP contribution in [0.4, 0.5) is 0 Å². The van der Waals surface area contributed by atoms with Crippen LogP contribution in [0.5, 0.6) is 0 Å². The van der Waals surface area contributed by atoms with Gasteiger partial charge in [-0.3, -0.25) is 0 Å². The lowest BCUT2D eigenvalue weighted by Gasteiger charge is -2.15. The Bertz CT molecular complexity index is 710. The molecule has 0 aliphatic carbocycles. The summed E-state index contributed by atoms with van der Waals surface area (Å²) in [5.41, 5.74) is 0. The van der Waals surface area contributed by atoms with Crippen molar-refractivity contribution in [1.29, 1.82) is 0 Å². The maximum atomic E-state index is 12.5. The molecule has 1 N–H and O–H groups in total. The molecule has 0 fully saturated rings. The summed E-state index contributed by atoms with van der Waals surface area (Å²) in [4.78, 5) is 0.344. The molecular formula is C18H25NO2S. The van der Waals surface area contributed by atoms with Crippen molar-refractivity contribution in [1.82, 2.24) is 4.72 Å². The van der Waals surface area contributed by atoms with Gasteiger partial charge in [-0.25, -0.2) is 13.1 Å². The highest BCUT2D eigenvalue weighted by Gasteiger charge is 2.16. The van der Waals surface area contributed by atoms with E-state index < -0.39 is 10.0 Å². The minimum atomic E-state index is -3.43. The molecule has 0 radical (unpaired) electrons. The van der Waals surface area contributed by atoms with Crippen LogP contribution in [0.3, 0.4) is 0 Å². The van der Waals surface area contributed by atoms with E-state index in [0.717, 1.165) is 36.5 Å². The molecule has 0 aliphatic heterocycles. The van der Waals surface area contributed by atoms with Crippen LogP contribution in [0.2, 0.25) is 0 Å². The first kappa shape index (κ1) is 17.0.